The van der Waals surface area contributed by atoms with E-state index in [-0.39, 0.29) is 17.2 Å². The van der Waals surface area contributed by atoms with Gasteiger partial charge in [0.2, 0.25) is 5.91 Å². The third-order valence-corrected chi connectivity index (χ3v) is 4.96. The van der Waals surface area contributed by atoms with Crippen LogP contribution in [0.2, 0.25) is 0 Å². The zero-order valence-electron chi connectivity index (χ0n) is 11.9. The summed E-state index contributed by atoms with van der Waals surface area (Å²) in [6.07, 6.45) is 8.11. The van der Waals surface area contributed by atoms with Gasteiger partial charge in [-0.1, -0.05) is 26.7 Å². The molecule has 3 nitrogen and oxygen atoms in total. The Morgan fingerprint density at radius 3 is 2.67 bits per heavy atom. The molecule has 2 rings (SSSR count). The molecule has 18 heavy (non-hydrogen) atoms. The predicted molar refractivity (Wildman–Crippen MR) is 74.1 cm³/mol. The maximum atomic E-state index is 12.2. The number of nitrogens with two attached hydrogens (primary N) is 1. The molecule has 0 aromatic heterocycles. The standard InChI is InChI=1S/C15H28N2O/c1-15(2)8-4-7-13(15)14(18)17-10-11-5-3-6-12(16)9-11/h11-13H,3-10,16H2,1-2H3,(H,17,18). The Bertz CT molecular complexity index is 301. The van der Waals surface area contributed by atoms with Crippen LogP contribution >= 0.6 is 0 Å². The van der Waals surface area contributed by atoms with E-state index >= 15 is 0 Å². The molecule has 3 N–H and O–H groups in total. The lowest BCUT2D eigenvalue weighted by Crippen LogP contribution is -2.40. The number of rotatable bonds is 3. The fraction of sp³-hybridized carbons (Fsp3) is 0.933. The van der Waals surface area contributed by atoms with Gasteiger partial charge in [0, 0.05) is 18.5 Å². The van der Waals surface area contributed by atoms with Crippen LogP contribution < -0.4 is 11.1 Å². The Morgan fingerprint density at radius 1 is 1.28 bits per heavy atom. The van der Waals surface area contributed by atoms with Crippen LogP contribution in [0.25, 0.3) is 0 Å². The molecular weight excluding hydrogens is 224 g/mol. The van der Waals surface area contributed by atoms with Crippen LogP contribution in [-0.4, -0.2) is 18.5 Å². The molecule has 0 aromatic carbocycles. The topological polar surface area (TPSA) is 55.1 Å². The summed E-state index contributed by atoms with van der Waals surface area (Å²) in [6.45, 7) is 5.28. The first kappa shape index (κ1) is 13.9. The van der Waals surface area contributed by atoms with E-state index in [1.807, 2.05) is 0 Å². The maximum absolute atomic E-state index is 12.2. The van der Waals surface area contributed by atoms with Crippen LogP contribution in [0.5, 0.6) is 0 Å². The van der Waals surface area contributed by atoms with Gasteiger partial charge in [0.25, 0.3) is 0 Å². The van der Waals surface area contributed by atoms with Gasteiger partial charge in [-0.15, -0.1) is 0 Å². The molecule has 3 heteroatoms. The van der Waals surface area contributed by atoms with Crippen molar-refractivity contribution in [3.63, 3.8) is 0 Å². The highest BCUT2D eigenvalue weighted by atomic mass is 16.1. The molecule has 3 unspecified atom stereocenters. The van der Waals surface area contributed by atoms with E-state index in [2.05, 4.69) is 19.2 Å². The highest BCUT2D eigenvalue weighted by molar-refractivity contribution is 5.79. The smallest absolute Gasteiger partial charge is 0.223 e. The molecular formula is C15H28N2O. The van der Waals surface area contributed by atoms with E-state index in [1.54, 1.807) is 0 Å². The Morgan fingerprint density at radius 2 is 2.06 bits per heavy atom. The SMILES string of the molecule is CC1(C)CCCC1C(=O)NCC1CCCC(N)C1. The third kappa shape index (κ3) is 3.25. The lowest BCUT2D eigenvalue weighted by atomic mass is 9.81. The van der Waals surface area contributed by atoms with E-state index in [9.17, 15) is 4.79 Å². The van der Waals surface area contributed by atoms with Gasteiger partial charge in [-0.2, -0.15) is 0 Å². The van der Waals surface area contributed by atoms with Crippen molar-refractivity contribution in [2.45, 2.75) is 64.8 Å². The van der Waals surface area contributed by atoms with Crippen LogP contribution in [0.3, 0.4) is 0 Å². The molecule has 0 saturated heterocycles. The summed E-state index contributed by atoms with van der Waals surface area (Å²) in [5.74, 6) is 1.09. The minimum atomic E-state index is 0.188. The first-order valence-electron chi connectivity index (χ1n) is 7.52. The molecule has 2 aliphatic carbocycles. The highest BCUT2D eigenvalue weighted by Crippen LogP contribution is 2.42. The molecule has 2 fully saturated rings. The maximum Gasteiger partial charge on any atom is 0.223 e. The zero-order valence-corrected chi connectivity index (χ0v) is 11.9. The average Bonchev–Trinajstić information content (AvgIpc) is 2.66. The second kappa shape index (κ2) is 5.60. The Balaban J connectivity index is 1.78. The first-order chi connectivity index (χ1) is 8.49. The Kier molecular flexibility index (Phi) is 4.31. The molecule has 0 spiro atoms. The number of carbonyl (C=O) groups is 1. The summed E-state index contributed by atoms with van der Waals surface area (Å²) in [5, 5.41) is 3.18. The van der Waals surface area contributed by atoms with Crippen molar-refractivity contribution in [3.8, 4) is 0 Å². The Labute approximate surface area is 111 Å². The second-order valence-electron chi connectivity index (χ2n) is 6.97. The third-order valence-electron chi connectivity index (χ3n) is 4.96. The fourth-order valence-corrected chi connectivity index (χ4v) is 3.70. The quantitative estimate of drug-likeness (QED) is 0.810. The molecule has 0 heterocycles. The van der Waals surface area contributed by atoms with Crippen molar-refractivity contribution in [2.75, 3.05) is 6.54 Å². The summed E-state index contributed by atoms with van der Waals surface area (Å²) >= 11 is 0. The van der Waals surface area contributed by atoms with Crippen molar-refractivity contribution in [1.82, 2.24) is 5.32 Å². The molecule has 0 aromatic rings. The molecule has 0 aliphatic heterocycles. The van der Waals surface area contributed by atoms with Crippen molar-refractivity contribution in [3.05, 3.63) is 0 Å². The molecule has 3 atom stereocenters. The van der Waals surface area contributed by atoms with Crippen molar-refractivity contribution < 1.29 is 4.79 Å². The summed E-state index contributed by atoms with van der Waals surface area (Å²) in [5.41, 5.74) is 6.17. The van der Waals surface area contributed by atoms with Crippen LogP contribution in [0.15, 0.2) is 0 Å². The van der Waals surface area contributed by atoms with Gasteiger partial charge in [-0.05, 0) is 43.4 Å². The summed E-state index contributed by atoms with van der Waals surface area (Å²) < 4.78 is 0. The fourth-order valence-electron chi connectivity index (χ4n) is 3.70. The van der Waals surface area contributed by atoms with Crippen LogP contribution in [0.1, 0.15) is 58.8 Å². The highest BCUT2D eigenvalue weighted by Gasteiger charge is 2.39. The van der Waals surface area contributed by atoms with Crippen LogP contribution in [0.4, 0.5) is 0 Å². The number of nitrogens with one attached hydrogen (secondary N) is 1. The molecule has 104 valence electrons. The van der Waals surface area contributed by atoms with E-state index in [1.165, 1.54) is 25.7 Å². The van der Waals surface area contributed by atoms with Gasteiger partial charge in [-0.25, -0.2) is 0 Å². The van der Waals surface area contributed by atoms with E-state index in [0.29, 0.717) is 12.0 Å². The summed E-state index contributed by atoms with van der Waals surface area (Å²) in [6, 6.07) is 0.351. The summed E-state index contributed by atoms with van der Waals surface area (Å²) in [7, 11) is 0. The molecule has 1 amide bonds. The lowest BCUT2D eigenvalue weighted by molar-refractivity contribution is -0.127. The molecule has 0 bridgehead atoms. The van der Waals surface area contributed by atoms with Crippen LogP contribution in [0, 0.1) is 17.3 Å². The van der Waals surface area contributed by atoms with Gasteiger partial charge >= 0.3 is 0 Å². The number of hydrogen-bond donors (Lipinski definition) is 2. The van der Waals surface area contributed by atoms with E-state index in [4.69, 9.17) is 5.73 Å². The second-order valence-corrected chi connectivity index (χ2v) is 6.97. The minimum absolute atomic E-state index is 0.188. The Hall–Kier alpha value is -0.570. The van der Waals surface area contributed by atoms with Crippen molar-refractivity contribution in [1.29, 1.82) is 0 Å². The molecule has 2 saturated carbocycles. The normalized spacial score (nSPS) is 35.4. The van der Waals surface area contributed by atoms with E-state index in [0.717, 1.165) is 25.8 Å². The van der Waals surface area contributed by atoms with Gasteiger partial charge < -0.3 is 11.1 Å². The predicted octanol–water partition coefficient (Wildman–Crippen LogP) is 2.45. The van der Waals surface area contributed by atoms with Gasteiger partial charge in [0.1, 0.15) is 0 Å². The van der Waals surface area contributed by atoms with E-state index < -0.39 is 0 Å². The van der Waals surface area contributed by atoms with Crippen molar-refractivity contribution >= 4 is 5.91 Å². The number of amides is 1. The van der Waals surface area contributed by atoms with Gasteiger partial charge in [-0.3, -0.25) is 4.79 Å². The average molecular weight is 252 g/mol. The summed E-state index contributed by atoms with van der Waals surface area (Å²) in [4.78, 5) is 12.2. The van der Waals surface area contributed by atoms with Gasteiger partial charge in [0.05, 0.1) is 0 Å². The molecule has 0 radical (unpaired) electrons. The van der Waals surface area contributed by atoms with Crippen molar-refractivity contribution in [2.24, 2.45) is 23.0 Å². The number of hydrogen-bond acceptors (Lipinski definition) is 2. The van der Waals surface area contributed by atoms with Gasteiger partial charge in [0.15, 0.2) is 0 Å². The lowest BCUT2D eigenvalue weighted by Gasteiger charge is -2.29. The molecule has 2 aliphatic rings. The monoisotopic (exact) mass is 252 g/mol. The van der Waals surface area contributed by atoms with Crippen LogP contribution in [-0.2, 0) is 4.79 Å². The number of carbonyl (C=O) groups excluding carboxylic acids is 1. The first-order valence-corrected chi connectivity index (χ1v) is 7.52. The largest absolute Gasteiger partial charge is 0.356 e. The zero-order chi connectivity index (χ0) is 13.2. The minimum Gasteiger partial charge on any atom is -0.356 e.